The molecule has 1 atom stereocenters. The van der Waals surface area contributed by atoms with Crippen LogP contribution in [-0.2, 0) is 14.8 Å². The molecule has 1 N–H and O–H groups in total. The van der Waals surface area contributed by atoms with Gasteiger partial charge >= 0.3 is 0 Å². The van der Waals surface area contributed by atoms with E-state index < -0.39 is 15.9 Å². The average molecular weight is 487 g/mol. The van der Waals surface area contributed by atoms with Crippen LogP contribution in [0.1, 0.15) is 22.7 Å². The highest BCUT2D eigenvalue weighted by Gasteiger charge is 2.23. The number of carbonyl (C=O) groups is 1. The molecule has 3 rings (SSSR count). The first-order valence-corrected chi connectivity index (χ1v) is 12.0. The maximum Gasteiger partial charge on any atom is 0.241 e. The number of hydrogen-bond donors (Lipinski definition) is 1. The summed E-state index contributed by atoms with van der Waals surface area (Å²) in [6, 6.07) is 24.0. The van der Waals surface area contributed by atoms with E-state index in [0.29, 0.717) is 5.69 Å². The van der Waals surface area contributed by atoms with Crippen molar-refractivity contribution in [2.24, 2.45) is 0 Å². The van der Waals surface area contributed by atoms with Crippen molar-refractivity contribution >= 4 is 37.5 Å². The van der Waals surface area contributed by atoms with Gasteiger partial charge in [-0.3, -0.25) is 9.10 Å². The van der Waals surface area contributed by atoms with E-state index >= 15 is 0 Å². The van der Waals surface area contributed by atoms with E-state index in [0.717, 1.165) is 31.7 Å². The highest BCUT2D eigenvalue weighted by molar-refractivity contribution is 9.10. The first kappa shape index (κ1) is 22.1. The smallest absolute Gasteiger partial charge is 0.241 e. The minimum atomic E-state index is -3.65. The van der Waals surface area contributed by atoms with E-state index in [1.165, 1.54) is 0 Å². The fourth-order valence-corrected chi connectivity index (χ4v) is 4.37. The molecule has 0 saturated heterocycles. The number of nitrogens with zero attached hydrogens (tertiary/aromatic N) is 1. The fraction of sp³-hybridized carbons (Fsp3) is 0.174. The van der Waals surface area contributed by atoms with Gasteiger partial charge in [-0.15, -0.1) is 0 Å². The third-order valence-corrected chi connectivity index (χ3v) is 6.27. The summed E-state index contributed by atoms with van der Waals surface area (Å²) in [5.41, 5.74) is 3.39. The summed E-state index contributed by atoms with van der Waals surface area (Å²) in [6.07, 6.45) is 1.09. The third-order valence-electron chi connectivity index (χ3n) is 4.63. The molecule has 0 bridgehead atoms. The molecule has 3 aromatic rings. The Kier molecular flexibility index (Phi) is 6.95. The molecule has 30 heavy (non-hydrogen) atoms. The third kappa shape index (κ3) is 5.70. The van der Waals surface area contributed by atoms with E-state index in [-0.39, 0.29) is 12.6 Å². The quantitative estimate of drug-likeness (QED) is 0.536. The Morgan fingerprint density at radius 3 is 2.20 bits per heavy atom. The van der Waals surface area contributed by atoms with Gasteiger partial charge in [0.1, 0.15) is 6.54 Å². The maximum atomic E-state index is 13.0. The normalized spacial score (nSPS) is 12.2. The highest BCUT2D eigenvalue weighted by Crippen LogP contribution is 2.24. The number of hydrogen-bond acceptors (Lipinski definition) is 3. The van der Waals surface area contributed by atoms with Gasteiger partial charge < -0.3 is 5.32 Å². The van der Waals surface area contributed by atoms with Gasteiger partial charge in [0.15, 0.2) is 0 Å². The standard InChI is InChI=1S/C23H23BrN2O3S/c1-17-11-13-19(14-12-17)23(18-7-4-3-5-8-18)25-22(27)16-26(30(2,28)29)21-10-6-9-20(24)15-21/h3-15,23H,16H2,1-2H3,(H,25,27)/t23-/m1/s1. The van der Waals surface area contributed by atoms with Crippen LogP contribution in [0.2, 0.25) is 0 Å². The van der Waals surface area contributed by atoms with E-state index in [2.05, 4.69) is 21.2 Å². The number of halogens is 1. The molecule has 0 aliphatic rings. The highest BCUT2D eigenvalue weighted by atomic mass is 79.9. The van der Waals surface area contributed by atoms with Crippen LogP contribution in [0.25, 0.3) is 0 Å². The van der Waals surface area contributed by atoms with Gasteiger partial charge in [0.2, 0.25) is 15.9 Å². The van der Waals surface area contributed by atoms with E-state index in [1.807, 2.05) is 61.5 Å². The Hall–Kier alpha value is -2.64. The minimum absolute atomic E-state index is 0.315. The van der Waals surface area contributed by atoms with Crippen LogP contribution in [0.15, 0.2) is 83.3 Å². The van der Waals surface area contributed by atoms with Gasteiger partial charge in [-0.25, -0.2) is 8.42 Å². The zero-order chi connectivity index (χ0) is 21.7. The van der Waals surface area contributed by atoms with Crippen molar-refractivity contribution in [3.05, 3.63) is 100 Å². The predicted molar refractivity (Wildman–Crippen MR) is 124 cm³/mol. The maximum absolute atomic E-state index is 13.0. The lowest BCUT2D eigenvalue weighted by Crippen LogP contribution is -2.41. The van der Waals surface area contributed by atoms with Crippen molar-refractivity contribution in [3.8, 4) is 0 Å². The van der Waals surface area contributed by atoms with Crippen molar-refractivity contribution in [3.63, 3.8) is 0 Å². The van der Waals surface area contributed by atoms with Gasteiger partial charge in [0.25, 0.3) is 0 Å². The Morgan fingerprint density at radius 2 is 1.60 bits per heavy atom. The number of anilines is 1. The number of sulfonamides is 1. The second kappa shape index (κ2) is 9.45. The van der Waals surface area contributed by atoms with E-state index in [4.69, 9.17) is 0 Å². The molecule has 0 aliphatic heterocycles. The molecule has 0 aliphatic carbocycles. The van der Waals surface area contributed by atoms with Gasteiger partial charge in [-0.1, -0.05) is 82.2 Å². The van der Waals surface area contributed by atoms with Gasteiger partial charge in [0.05, 0.1) is 18.0 Å². The molecule has 3 aromatic carbocycles. The first-order valence-electron chi connectivity index (χ1n) is 9.38. The van der Waals surface area contributed by atoms with Crippen molar-refractivity contribution in [2.45, 2.75) is 13.0 Å². The fourth-order valence-electron chi connectivity index (χ4n) is 3.13. The monoisotopic (exact) mass is 486 g/mol. The van der Waals surface area contributed by atoms with Crippen LogP contribution >= 0.6 is 15.9 Å². The van der Waals surface area contributed by atoms with Crippen LogP contribution in [0.4, 0.5) is 5.69 Å². The molecule has 5 nitrogen and oxygen atoms in total. The number of aryl methyl sites for hydroxylation is 1. The second-order valence-corrected chi connectivity index (χ2v) is 9.89. The summed E-state index contributed by atoms with van der Waals surface area (Å²) in [4.78, 5) is 13.0. The van der Waals surface area contributed by atoms with Crippen LogP contribution in [0.3, 0.4) is 0 Å². The summed E-state index contributed by atoms with van der Waals surface area (Å²) in [7, 11) is -3.65. The van der Waals surface area contributed by atoms with Crippen LogP contribution in [0.5, 0.6) is 0 Å². The van der Waals surface area contributed by atoms with E-state index in [1.54, 1.807) is 24.3 Å². The number of carbonyl (C=O) groups excluding carboxylic acids is 1. The summed E-state index contributed by atoms with van der Waals surface area (Å²) in [5.74, 6) is -0.394. The lowest BCUT2D eigenvalue weighted by Gasteiger charge is -2.25. The topological polar surface area (TPSA) is 66.5 Å². The van der Waals surface area contributed by atoms with Crippen LogP contribution in [-0.4, -0.2) is 27.1 Å². The Bertz CT molecular complexity index is 1120. The molecule has 0 saturated carbocycles. The van der Waals surface area contributed by atoms with Crippen molar-refractivity contribution in [1.82, 2.24) is 5.32 Å². The lowest BCUT2D eigenvalue weighted by atomic mass is 9.98. The zero-order valence-electron chi connectivity index (χ0n) is 16.7. The molecule has 0 heterocycles. The molecule has 0 radical (unpaired) electrons. The summed E-state index contributed by atoms with van der Waals surface area (Å²) in [6.45, 7) is 1.69. The summed E-state index contributed by atoms with van der Waals surface area (Å²) < 4.78 is 26.6. The molecule has 0 aromatic heterocycles. The number of rotatable bonds is 7. The number of nitrogens with one attached hydrogen (secondary N) is 1. The summed E-state index contributed by atoms with van der Waals surface area (Å²) >= 11 is 3.35. The molecule has 7 heteroatoms. The van der Waals surface area contributed by atoms with Gasteiger partial charge in [-0.05, 0) is 36.2 Å². The zero-order valence-corrected chi connectivity index (χ0v) is 19.2. The Morgan fingerprint density at radius 1 is 0.967 bits per heavy atom. The minimum Gasteiger partial charge on any atom is -0.344 e. The number of benzene rings is 3. The molecule has 156 valence electrons. The molecule has 0 fully saturated rings. The first-order chi connectivity index (χ1) is 14.2. The largest absolute Gasteiger partial charge is 0.344 e. The molecular formula is C23H23BrN2O3S. The van der Waals surface area contributed by atoms with Crippen molar-refractivity contribution in [2.75, 3.05) is 17.1 Å². The molecule has 0 spiro atoms. The SMILES string of the molecule is Cc1ccc([C@H](NC(=O)CN(c2cccc(Br)c2)S(C)(=O)=O)c2ccccc2)cc1. The number of amides is 1. The Labute approximate surface area is 185 Å². The van der Waals surface area contributed by atoms with Crippen molar-refractivity contribution in [1.29, 1.82) is 0 Å². The van der Waals surface area contributed by atoms with Crippen LogP contribution in [0, 0.1) is 6.92 Å². The average Bonchev–Trinajstić information content (AvgIpc) is 2.71. The van der Waals surface area contributed by atoms with Crippen LogP contribution < -0.4 is 9.62 Å². The predicted octanol–water partition coefficient (Wildman–Crippen LogP) is 4.43. The Balaban J connectivity index is 1.88. The van der Waals surface area contributed by atoms with E-state index in [9.17, 15) is 13.2 Å². The summed E-state index contributed by atoms with van der Waals surface area (Å²) in [5, 5.41) is 3.00. The van der Waals surface area contributed by atoms with Crippen molar-refractivity contribution < 1.29 is 13.2 Å². The second-order valence-electron chi connectivity index (χ2n) is 7.07. The molecular weight excluding hydrogens is 464 g/mol. The molecule has 0 unspecified atom stereocenters. The van der Waals surface area contributed by atoms with Gasteiger partial charge in [0, 0.05) is 4.47 Å². The lowest BCUT2D eigenvalue weighted by molar-refractivity contribution is -0.120. The van der Waals surface area contributed by atoms with Gasteiger partial charge in [-0.2, -0.15) is 0 Å². The molecule has 1 amide bonds.